The average molecular weight is 368 g/mol. The van der Waals surface area contributed by atoms with Crippen LogP contribution in [0.5, 0.6) is 5.75 Å². The van der Waals surface area contributed by atoms with Gasteiger partial charge in [0.15, 0.2) is 6.61 Å². The maximum atomic E-state index is 13.5. The van der Waals surface area contributed by atoms with Gasteiger partial charge in [0, 0.05) is 28.9 Å². The lowest BCUT2D eigenvalue weighted by Gasteiger charge is -2.11. The number of benzene rings is 2. The number of hydrogen-bond acceptors (Lipinski definition) is 5. The molecule has 6 nitrogen and oxygen atoms in total. The Morgan fingerprint density at radius 3 is 2.74 bits per heavy atom. The van der Waals surface area contributed by atoms with Crippen LogP contribution < -0.4 is 10.1 Å². The molecule has 0 atom stereocenters. The fourth-order valence-corrected chi connectivity index (χ4v) is 2.59. The van der Waals surface area contributed by atoms with Crippen LogP contribution in [0.15, 0.2) is 48.5 Å². The molecule has 1 heterocycles. The first-order chi connectivity index (χ1) is 13.0. The Labute approximate surface area is 154 Å². The van der Waals surface area contributed by atoms with E-state index in [1.165, 1.54) is 25.3 Å². The molecular formula is C20H17FN2O4. The first kappa shape index (κ1) is 18.3. The summed E-state index contributed by atoms with van der Waals surface area (Å²) in [5.74, 6) is -0.865. The quantitative estimate of drug-likeness (QED) is 0.698. The number of aryl methyl sites for hydroxylation is 1. The number of carbonyl (C=O) groups is 2. The van der Waals surface area contributed by atoms with Gasteiger partial charge in [-0.05, 0) is 37.3 Å². The molecule has 3 aromatic rings. The van der Waals surface area contributed by atoms with Crippen molar-refractivity contribution in [3.05, 3.63) is 65.6 Å². The minimum Gasteiger partial charge on any atom is -0.482 e. The zero-order valence-electron chi connectivity index (χ0n) is 14.8. The van der Waals surface area contributed by atoms with Gasteiger partial charge in [-0.25, -0.2) is 9.18 Å². The predicted octanol–water partition coefficient (Wildman–Crippen LogP) is 3.49. The van der Waals surface area contributed by atoms with Crippen molar-refractivity contribution in [2.24, 2.45) is 0 Å². The number of anilines is 1. The molecule has 2 aromatic carbocycles. The number of halogens is 1. The molecule has 0 bridgehead atoms. The lowest BCUT2D eigenvalue weighted by atomic mass is 10.1. The van der Waals surface area contributed by atoms with Gasteiger partial charge in [0.2, 0.25) is 0 Å². The minimum absolute atomic E-state index is 0.229. The van der Waals surface area contributed by atoms with E-state index < -0.39 is 11.8 Å². The first-order valence-corrected chi connectivity index (χ1v) is 8.14. The molecule has 0 saturated carbocycles. The molecule has 0 unspecified atom stereocenters. The van der Waals surface area contributed by atoms with Crippen LogP contribution in [-0.4, -0.2) is 30.6 Å². The van der Waals surface area contributed by atoms with Gasteiger partial charge in [0.05, 0.1) is 18.2 Å². The number of fused-ring (bicyclic) bond motifs is 1. The molecule has 0 fully saturated rings. The van der Waals surface area contributed by atoms with Gasteiger partial charge in [-0.1, -0.05) is 6.07 Å². The summed E-state index contributed by atoms with van der Waals surface area (Å²) in [6.45, 7) is 1.51. The van der Waals surface area contributed by atoms with Gasteiger partial charge in [0.1, 0.15) is 11.6 Å². The number of hydrogen-bond donors (Lipinski definition) is 1. The summed E-state index contributed by atoms with van der Waals surface area (Å²) < 4.78 is 23.3. The van der Waals surface area contributed by atoms with Crippen molar-refractivity contribution in [2.45, 2.75) is 6.92 Å². The third-order valence-corrected chi connectivity index (χ3v) is 3.82. The summed E-state index contributed by atoms with van der Waals surface area (Å²) in [6.07, 6.45) is 0. The SMILES string of the molecule is COC(=O)COc1cccc(NC(=O)c2cc(C)nc3cc(F)ccc23)c1. The zero-order valence-corrected chi connectivity index (χ0v) is 14.8. The number of amides is 1. The van der Waals surface area contributed by atoms with Crippen LogP contribution >= 0.6 is 0 Å². The lowest BCUT2D eigenvalue weighted by molar-refractivity contribution is -0.142. The van der Waals surface area contributed by atoms with E-state index in [4.69, 9.17) is 4.74 Å². The Balaban J connectivity index is 1.84. The molecule has 0 aliphatic rings. The van der Waals surface area contributed by atoms with Gasteiger partial charge in [0.25, 0.3) is 5.91 Å². The van der Waals surface area contributed by atoms with Crippen LogP contribution in [0.3, 0.4) is 0 Å². The molecule has 0 aliphatic heterocycles. The molecule has 27 heavy (non-hydrogen) atoms. The van der Waals surface area contributed by atoms with Crippen LogP contribution in [-0.2, 0) is 9.53 Å². The van der Waals surface area contributed by atoms with Crippen LogP contribution in [0.4, 0.5) is 10.1 Å². The highest BCUT2D eigenvalue weighted by molar-refractivity contribution is 6.12. The number of methoxy groups -OCH3 is 1. The highest BCUT2D eigenvalue weighted by Crippen LogP contribution is 2.22. The molecule has 7 heteroatoms. The molecule has 3 rings (SSSR count). The van der Waals surface area contributed by atoms with Crippen LogP contribution in [0.1, 0.15) is 16.1 Å². The van der Waals surface area contributed by atoms with E-state index in [1.807, 2.05) is 0 Å². The van der Waals surface area contributed by atoms with Gasteiger partial charge in [-0.2, -0.15) is 0 Å². The largest absolute Gasteiger partial charge is 0.482 e. The molecule has 0 aliphatic carbocycles. The number of aromatic nitrogens is 1. The first-order valence-electron chi connectivity index (χ1n) is 8.14. The van der Waals surface area contributed by atoms with E-state index >= 15 is 0 Å². The molecule has 138 valence electrons. The Morgan fingerprint density at radius 2 is 1.96 bits per heavy atom. The Kier molecular flexibility index (Phi) is 5.30. The molecule has 0 radical (unpaired) electrons. The van der Waals surface area contributed by atoms with Gasteiger partial charge in [-0.15, -0.1) is 0 Å². The highest BCUT2D eigenvalue weighted by Gasteiger charge is 2.13. The molecular weight excluding hydrogens is 351 g/mol. The molecule has 0 saturated heterocycles. The molecule has 1 aromatic heterocycles. The van der Waals surface area contributed by atoms with E-state index in [0.29, 0.717) is 33.6 Å². The summed E-state index contributed by atoms with van der Waals surface area (Å²) in [4.78, 5) is 28.2. The number of nitrogens with zero attached hydrogens (tertiary/aromatic N) is 1. The Hall–Kier alpha value is -3.48. The lowest BCUT2D eigenvalue weighted by Crippen LogP contribution is -2.14. The number of carbonyl (C=O) groups excluding carboxylic acids is 2. The van der Waals surface area contributed by atoms with Gasteiger partial charge in [-0.3, -0.25) is 9.78 Å². The highest BCUT2D eigenvalue weighted by atomic mass is 19.1. The van der Waals surface area contributed by atoms with Crippen molar-refractivity contribution in [3.8, 4) is 5.75 Å². The minimum atomic E-state index is -0.504. The summed E-state index contributed by atoms with van der Waals surface area (Å²) in [5, 5.41) is 3.33. The second-order valence-electron chi connectivity index (χ2n) is 5.82. The summed E-state index contributed by atoms with van der Waals surface area (Å²) >= 11 is 0. The van der Waals surface area contributed by atoms with E-state index in [-0.39, 0.29) is 12.5 Å². The second-order valence-corrected chi connectivity index (χ2v) is 5.82. The summed E-state index contributed by atoms with van der Waals surface area (Å²) in [6, 6.07) is 12.4. The number of rotatable bonds is 5. The Bertz CT molecular complexity index is 1010. The van der Waals surface area contributed by atoms with Crippen molar-refractivity contribution >= 4 is 28.5 Å². The van der Waals surface area contributed by atoms with Crippen molar-refractivity contribution in [3.63, 3.8) is 0 Å². The third kappa shape index (κ3) is 4.38. The number of esters is 1. The second kappa shape index (κ2) is 7.82. The van der Waals surface area contributed by atoms with E-state index in [9.17, 15) is 14.0 Å². The van der Waals surface area contributed by atoms with Crippen LogP contribution in [0.2, 0.25) is 0 Å². The van der Waals surface area contributed by atoms with E-state index in [1.54, 1.807) is 37.3 Å². The number of nitrogens with one attached hydrogen (secondary N) is 1. The van der Waals surface area contributed by atoms with Crippen molar-refractivity contribution < 1.29 is 23.5 Å². The topological polar surface area (TPSA) is 77.5 Å². The summed E-state index contributed by atoms with van der Waals surface area (Å²) in [5.41, 5.74) is 1.90. The fourth-order valence-electron chi connectivity index (χ4n) is 2.59. The summed E-state index contributed by atoms with van der Waals surface area (Å²) in [7, 11) is 1.27. The van der Waals surface area contributed by atoms with Crippen LogP contribution in [0, 0.1) is 12.7 Å². The van der Waals surface area contributed by atoms with Crippen molar-refractivity contribution in [2.75, 3.05) is 19.0 Å². The number of pyridine rings is 1. The maximum absolute atomic E-state index is 13.5. The standard InChI is InChI=1S/C20H17FN2O4/c1-12-8-17(16-7-6-13(21)9-18(16)22-12)20(25)23-14-4-3-5-15(10-14)27-11-19(24)26-2/h3-10H,11H2,1-2H3,(H,23,25). The predicted molar refractivity (Wildman–Crippen MR) is 98.3 cm³/mol. The normalized spacial score (nSPS) is 10.5. The molecule has 1 N–H and O–H groups in total. The average Bonchev–Trinajstić information content (AvgIpc) is 2.65. The maximum Gasteiger partial charge on any atom is 0.343 e. The van der Waals surface area contributed by atoms with Crippen molar-refractivity contribution in [1.82, 2.24) is 4.98 Å². The fraction of sp³-hybridized carbons (Fsp3) is 0.150. The van der Waals surface area contributed by atoms with Gasteiger partial charge < -0.3 is 14.8 Å². The third-order valence-electron chi connectivity index (χ3n) is 3.82. The zero-order chi connectivity index (χ0) is 19.4. The molecule has 0 spiro atoms. The van der Waals surface area contributed by atoms with E-state index in [2.05, 4.69) is 15.0 Å². The van der Waals surface area contributed by atoms with E-state index in [0.717, 1.165) is 0 Å². The Morgan fingerprint density at radius 1 is 1.15 bits per heavy atom. The smallest absolute Gasteiger partial charge is 0.343 e. The van der Waals surface area contributed by atoms with Crippen molar-refractivity contribution in [1.29, 1.82) is 0 Å². The monoisotopic (exact) mass is 368 g/mol. The molecule has 1 amide bonds. The number of ether oxygens (including phenoxy) is 2. The van der Waals surface area contributed by atoms with Crippen LogP contribution in [0.25, 0.3) is 10.9 Å². The van der Waals surface area contributed by atoms with Gasteiger partial charge >= 0.3 is 5.97 Å².